The van der Waals surface area contributed by atoms with E-state index in [-0.39, 0.29) is 26.5 Å². The molecule has 110 valence electrons. The molecule has 0 spiro atoms. The van der Waals surface area contributed by atoms with E-state index in [1.54, 1.807) is 0 Å². The Morgan fingerprint density at radius 1 is 1.20 bits per heavy atom. The van der Waals surface area contributed by atoms with Gasteiger partial charge in [-0.1, -0.05) is 36.0 Å². The molecule has 1 fully saturated rings. The fraction of sp³-hybridized carbons (Fsp3) is 0.417. The number of aromatic carboxylic acids is 1. The largest absolute Gasteiger partial charge is 0.478 e. The van der Waals surface area contributed by atoms with Crippen LogP contribution in [0.15, 0.2) is 17.0 Å². The monoisotopic (exact) mass is 337 g/mol. The van der Waals surface area contributed by atoms with Crippen LogP contribution in [-0.2, 0) is 10.0 Å². The normalized spacial score (nSPS) is 16.5. The number of carboxylic acids is 1. The second-order valence-corrected chi connectivity index (χ2v) is 7.17. The number of sulfonamides is 1. The molecule has 2 N–H and O–H groups in total. The van der Waals surface area contributed by atoms with E-state index in [2.05, 4.69) is 4.72 Å². The van der Waals surface area contributed by atoms with Gasteiger partial charge >= 0.3 is 5.97 Å². The maximum absolute atomic E-state index is 12.3. The van der Waals surface area contributed by atoms with Crippen LogP contribution in [-0.4, -0.2) is 25.5 Å². The smallest absolute Gasteiger partial charge is 0.337 e. The van der Waals surface area contributed by atoms with Crippen molar-refractivity contribution >= 4 is 39.2 Å². The van der Waals surface area contributed by atoms with Crippen molar-refractivity contribution in [1.29, 1.82) is 0 Å². The van der Waals surface area contributed by atoms with Crippen LogP contribution in [0.3, 0.4) is 0 Å². The van der Waals surface area contributed by atoms with Crippen LogP contribution in [0, 0.1) is 0 Å². The Morgan fingerprint density at radius 2 is 1.80 bits per heavy atom. The van der Waals surface area contributed by atoms with Crippen molar-refractivity contribution in [3.05, 3.63) is 27.7 Å². The summed E-state index contributed by atoms with van der Waals surface area (Å²) in [6.45, 7) is 0. The molecule has 2 rings (SSSR count). The molecule has 0 aliphatic heterocycles. The van der Waals surface area contributed by atoms with E-state index in [0.29, 0.717) is 0 Å². The zero-order valence-electron chi connectivity index (χ0n) is 10.4. The van der Waals surface area contributed by atoms with Gasteiger partial charge in [-0.15, -0.1) is 0 Å². The predicted molar refractivity (Wildman–Crippen MR) is 76.0 cm³/mol. The standard InChI is InChI=1S/C12H13Cl2NO4S/c13-9-6-10(14)11(5-8(9)12(16)17)20(18,19)15-7-3-1-2-4-7/h5-7,15H,1-4H2,(H,16,17). The van der Waals surface area contributed by atoms with Crippen LogP contribution in [0.4, 0.5) is 0 Å². The van der Waals surface area contributed by atoms with Crippen molar-refractivity contribution in [3.63, 3.8) is 0 Å². The van der Waals surface area contributed by atoms with Crippen LogP contribution in [0.1, 0.15) is 36.0 Å². The van der Waals surface area contributed by atoms with Gasteiger partial charge in [0.25, 0.3) is 0 Å². The number of carbonyl (C=O) groups is 1. The number of halogens is 2. The van der Waals surface area contributed by atoms with Gasteiger partial charge in [-0.25, -0.2) is 17.9 Å². The maximum atomic E-state index is 12.3. The molecule has 1 aromatic rings. The Hall–Kier alpha value is -0.820. The summed E-state index contributed by atoms with van der Waals surface area (Å²) in [6, 6.07) is 2.00. The summed E-state index contributed by atoms with van der Waals surface area (Å²) in [7, 11) is -3.85. The van der Waals surface area contributed by atoms with Crippen molar-refractivity contribution in [2.45, 2.75) is 36.6 Å². The van der Waals surface area contributed by atoms with E-state index < -0.39 is 16.0 Å². The first-order chi connectivity index (χ1) is 9.31. The van der Waals surface area contributed by atoms with Crippen molar-refractivity contribution in [3.8, 4) is 0 Å². The topological polar surface area (TPSA) is 83.5 Å². The molecule has 0 atom stereocenters. The van der Waals surface area contributed by atoms with Gasteiger partial charge in [0, 0.05) is 6.04 Å². The summed E-state index contributed by atoms with van der Waals surface area (Å²) in [5, 5.41) is 8.80. The molecule has 0 aromatic heterocycles. The highest BCUT2D eigenvalue weighted by Gasteiger charge is 2.26. The average molecular weight is 338 g/mol. The van der Waals surface area contributed by atoms with Crippen molar-refractivity contribution < 1.29 is 18.3 Å². The summed E-state index contributed by atoms with van der Waals surface area (Å²) in [6.07, 6.45) is 3.50. The van der Waals surface area contributed by atoms with Gasteiger partial charge in [-0.3, -0.25) is 0 Å². The number of hydrogen-bond donors (Lipinski definition) is 2. The van der Waals surface area contributed by atoms with Crippen LogP contribution in [0.2, 0.25) is 10.0 Å². The molecule has 1 aliphatic carbocycles. The van der Waals surface area contributed by atoms with Gasteiger partial charge in [0.1, 0.15) is 4.90 Å². The zero-order valence-corrected chi connectivity index (χ0v) is 12.7. The van der Waals surface area contributed by atoms with E-state index in [9.17, 15) is 13.2 Å². The Balaban J connectivity index is 2.40. The van der Waals surface area contributed by atoms with Crippen LogP contribution < -0.4 is 4.72 Å². The number of benzene rings is 1. The molecule has 0 radical (unpaired) electrons. The predicted octanol–water partition coefficient (Wildman–Crippen LogP) is 2.91. The quantitative estimate of drug-likeness (QED) is 0.884. The molecule has 8 heteroatoms. The van der Waals surface area contributed by atoms with Gasteiger partial charge in [-0.05, 0) is 25.0 Å². The van der Waals surface area contributed by atoms with Gasteiger partial charge in [0.15, 0.2) is 0 Å². The molecule has 20 heavy (non-hydrogen) atoms. The molecule has 1 aromatic carbocycles. The molecule has 0 saturated heterocycles. The van der Waals surface area contributed by atoms with E-state index >= 15 is 0 Å². The first-order valence-electron chi connectivity index (χ1n) is 6.06. The molecule has 0 unspecified atom stereocenters. The van der Waals surface area contributed by atoms with Gasteiger partial charge < -0.3 is 5.11 Å². The Morgan fingerprint density at radius 3 is 2.35 bits per heavy atom. The summed E-state index contributed by atoms with van der Waals surface area (Å²) in [5.74, 6) is -1.30. The van der Waals surface area contributed by atoms with Gasteiger partial charge in [0.05, 0.1) is 15.6 Å². The second kappa shape index (κ2) is 5.89. The average Bonchev–Trinajstić information content (AvgIpc) is 2.79. The third-order valence-electron chi connectivity index (χ3n) is 3.22. The Kier molecular flexibility index (Phi) is 4.59. The second-order valence-electron chi connectivity index (χ2n) is 4.67. The lowest BCUT2D eigenvalue weighted by Gasteiger charge is -2.14. The zero-order chi connectivity index (χ0) is 14.9. The summed E-state index contributed by atoms with van der Waals surface area (Å²) in [4.78, 5) is 10.8. The first-order valence-corrected chi connectivity index (χ1v) is 8.30. The Bertz CT molecular complexity index is 639. The minimum atomic E-state index is -3.85. The molecule has 0 heterocycles. The third-order valence-corrected chi connectivity index (χ3v) is 5.52. The highest BCUT2D eigenvalue weighted by molar-refractivity contribution is 7.89. The molecule has 1 saturated carbocycles. The number of nitrogens with one attached hydrogen (secondary N) is 1. The lowest BCUT2D eigenvalue weighted by atomic mass is 10.2. The van der Waals surface area contributed by atoms with E-state index in [0.717, 1.165) is 37.8 Å². The summed E-state index contributed by atoms with van der Waals surface area (Å²) < 4.78 is 27.1. The van der Waals surface area contributed by atoms with E-state index in [1.165, 1.54) is 0 Å². The highest BCUT2D eigenvalue weighted by atomic mass is 35.5. The van der Waals surface area contributed by atoms with Gasteiger partial charge in [-0.2, -0.15) is 0 Å². The lowest BCUT2D eigenvalue weighted by molar-refractivity contribution is 0.0697. The number of hydrogen-bond acceptors (Lipinski definition) is 3. The first kappa shape index (κ1) is 15.6. The lowest BCUT2D eigenvalue weighted by Crippen LogP contribution is -2.33. The molecule has 1 aliphatic rings. The third kappa shape index (κ3) is 3.25. The minimum Gasteiger partial charge on any atom is -0.478 e. The number of rotatable bonds is 4. The van der Waals surface area contributed by atoms with Crippen molar-refractivity contribution in [1.82, 2.24) is 4.72 Å². The van der Waals surface area contributed by atoms with E-state index in [4.69, 9.17) is 28.3 Å². The minimum absolute atomic E-state index is 0.0921. The summed E-state index contributed by atoms with van der Waals surface area (Å²) >= 11 is 11.6. The Labute approximate surface area is 126 Å². The molecule has 0 bridgehead atoms. The fourth-order valence-electron chi connectivity index (χ4n) is 2.23. The number of carboxylic acid groups (broad SMARTS) is 1. The molecule has 0 amide bonds. The van der Waals surface area contributed by atoms with Gasteiger partial charge in [0.2, 0.25) is 10.0 Å². The van der Waals surface area contributed by atoms with Crippen molar-refractivity contribution in [2.24, 2.45) is 0 Å². The summed E-state index contributed by atoms with van der Waals surface area (Å²) in [5.41, 5.74) is -0.289. The molecule has 5 nitrogen and oxygen atoms in total. The van der Waals surface area contributed by atoms with E-state index in [1.807, 2.05) is 0 Å². The maximum Gasteiger partial charge on any atom is 0.337 e. The molecular weight excluding hydrogens is 325 g/mol. The van der Waals surface area contributed by atoms with Crippen LogP contribution in [0.25, 0.3) is 0 Å². The molecular formula is C12H13Cl2NO4S. The SMILES string of the molecule is O=C(O)c1cc(S(=O)(=O)NC2CCCC2)c(Cl)cc1Cl. The van der Waals surface area contributed by atoms with Crippen LogP contribution >= 0.6 is 23.2 Å². The highest BCUT2D eigenvalue weighted by Crippen LogP contribution is 2.29. The van der Waals surface area contributed by atoms with Crippen LogP contribution in [0.5, 0.6) is 0 Å². The fourth-order valence-corrected chi connectivity index (χ4v) is 4.38. The van der Waals surface area contributed by atoms with Crippen molar-refractivity contribution in [2.75, 3.05) is 0 Å².